The lowest BCUT2D eigenvalue weighted by Crippen LogP contribution is -2.18. The second-order valence-corrected chi connectivity index (χ2v) is 11.2. The quantitative estimate of drug-likeness (QED) is 0.192. The molecule has 0 radical (unpaired) electrons. The van der Waals surface area contributed by atoms with Gasteiger partial charge in [-0.1, -0.05) is 37.5 Å². The molecular formula is C34H33N7O2. The number of aromatic nitrogens is 5. The van der Waals surface area contributed by atoms with Gasteiger partial charge in [-0.2, -0.15) is 5.10 Å². The Morgan fingerprint density at radius 2 is 1.95 bits per heavy atom. The molecule has 0 unspecified atom stereocenters. The number of amides is 1. The molecule has 1 fully saturated rings. The van der Waals surface area contributed by atoms with Crippen molar-refractivity contribution in [3.63, 3.8) is 0 Å². The fourth-order valence-electron chi connectivity index (χ4n) is 6.17. The predicted octanol–water partition coefficient (Wildman–Crippen LogP) is 7.01. The number of fused-ring (bicyclic) bond motifs is 2. The molecule has 7 rings (SSSR count). The largest absolute Gasteiger partial charge is 0.497 e. The van der Waals surface area contributed by atoms with E-state index in [-0.39, 0.29) is 5.91 Å². The van der Waals surface area contributed by atoms with Gasteiger partial charge < -0.3 is 15.4 Å². The maximum absolute atomic E-state index is 12.7. The number of carbonyl (C=O) groups excluding carboxylic acids is 1. The van der Waals surface area contributed by atoms with E-state index in [9.17, 15) is 4.79 Å². The Balaban J connectivity index is 1.13. The molecule has 1 aromatic carbocycles. The number of rotatable bonds is 7. The second kappa shape index (κ2) is 11.7. The van der Waals surface area contributed by atoms with Gasteiger partial charge in [0.25, 0.3) is 0 Å². The van der Waals surface area contributed by atoms with E-state index in [1.165, 1.54) is 19.3 Å². The fraction of sp³-hybridized carbons (Fsp3) is 0.265. The Kier molecular flexibility index (Phi) is 7.28. The number of hydrogen-bond donors (Lipinski definition) is 3. The molecule has 9 heteroatoms. The molecule has 1 aliphatic carbocycles. The molecule has 5 heterocycles. The topological polar surface area (TPSA) is 118 Å². The summed E-state index contributed by atoms with van der Waals surface area (Å²) in [7, 11) is 1.68. The lowest BCUT2D eigenvalue weighted by atomic mass is 9.87. The van der Waals surface area contributed by atoms with Crippen LogP contribution in [0.15, 0.2) is 73.2 Å². The average molecular weight is 572 g/mol. The van der Waals surface area contributed by atoms with Gasteiger partial charge in [-0.05, 0) is 72.7 Å². The third kappa shape index (κ3) is 5.58. The number of aromatic amines is 1. The number of ether oxygens (including phenoxy) is 1. The van der Waals surface area contributed by atoms with Crippen LogP contribution in [-0.2, 0) is 11.2 Å². The molecule has 43 heavy (non-hydrogen) atoms. The van der Waals surface area contributed by atoms with E-state index < -0.39 is 0 Å². The summed E-state index contributed by atoms with van der Waals surface area (Å²) in [6, 6.07) is 15.9. The summed E-state index contributed by atoms with van der Waals surface area (Å²) in [5.74, 6) is 2.14. The lowest BCUT2D eigenvalue weighted by Gasteiger charge is -2.20. The van der Waals surface area contributed by atoms with Crippen LogP contribution in [0.2, 0.25) is 0 Å². The van der Waals surface area contributed by atoms with Crippen LogP contribution in [0, 0.1) is 5.92 Å². The van der Waals surface area contributed by atoms with Gasteiger partial charge in [0.2, 0.25) is 5.91 Å². The highest BCUT2D eigenvalue weighted by atomic mass is 16.5. The van der Waals surface area contributed by atoms with Crippen molar-refractivity contribution in [3.8, 4) is 28.1 Å². The zero-order chi connectivity index (χ0) is 29.2. The third-order valence-corrected chi connectivity index (χ3v) is 8.38. The standard InChI is InChI=1S/C34H33N7O2/c1-43-25-9-5-8-22(18-25)26-14-15-36-34-27(26)10-11-29(39-34)33-32-30(40-41-33)13-12-28(38-32)23-17-24(20-35-19-23)37-31(42)16-21-6-3-2-4-7-21/h5,8-9,11-15,17-21H,2-4,6-7,10,16H2,1H3,(H,36,39)(H,37,42)(H,40,41). The number of anilines is 2. The molecule has 2 aliphatic rings. The molecule has 0 bridgehead atoms. The first kappa shape index (κ1) is 26.8. The number of carbonyl (C=O) groups is 1. The van der Waals surface area contributed by atoms with Gasteiger partial charge >= 0.3 is 0 Å². The zero-order valence-electron chi connectivity index (χ0n) is 24.1. The van der Waals surface area contributed by atoms with Crippen molar-refractivity contribution in [2.75, 3.05) is 17.7 Å². The van der Waals surface area contributed by atoms with E-state index in [0.29, 0.717) is 24.4 Å². The highest BCUT2D eigenvalue weighted by Gasteiger charge is 2.22. The van der Waals surface area contributed by atoms with Crippen LogP contribution < -0.4 is 15.4 Å². The zero-order valence-corrected chi connectivity index (χ0v) is 24.1. The first-order valence-electron chi connectivity index (χ1n) is 14.8. The predicted molar refractivity (Wildman–Crippen MR) is 168 cm³/mol. The minimum Gasteiger partial charge on any atom is -0.497 e. The second-order valence-electron chi connectivity index (χ2n) is 11.2. The molecular weight excluding hydrogens is 538 g/mol. The third-order valence-electron chi connectivity index (χ3n) is 8.38. The van der Waals surface area contributed by atoms with Crippen molar-refractivity contribution < 1.29 is 9.53 Å². The molecule has 1 amide bonds. The molecule has 5 aromatic rings. The first-order chi connectivity index (χ1) is 21.1. The van der Waals surface area contributed by atoms with Crippen molar-refractivity contribution >= 4 is 34.1 Å². The minimum atomic E-state index is 0.0464. The molecule has 216 valence electrons. The van der Waals surface area contributed by atoms with E-state index in [4.69, 9.17) is 9.72 Å². The number of hydrogen-bond acceptors (Lipinski definition) is 7. The van der Waals surface area contributed by atoms with Crippen LogP contribution in [0.25, 0.3) is 39.1 Å². The van der Waals surface area contributed by atoms with E-state index in [1.807, 2.05) is 48.7 Å². The van der Waals surface area contributed by atoms with Crippen molar-refractivity contribution in [2.45, 2.75) is 44.9 Å². The van der Waals surface area contributed by atoms with E-state index >= 15 is 0 Å². The highest BCUT2D eigenvalue weighted by Crippen LogP contribution is 2.36. The van der Waals surface area contributed by atoms with Gasteiger partial charge in [0.15, 0.2) is 0 Å². The van der Waals surface area contributed by atoms with E-state index in [2.05, 4.69) is 42.9 Å². The van der Waals surface area contributed by atoms with Gasteiger partial charge in [-0.25, -0.2) is 9.97 Å². The molecule has 1 saturated carbocycles. The Labute approximate surface area is 249 Å². The Hall–Kier alpha value is -5.05. The molecule has 0 saturated heterocycles. The van der Waals surface area contributed by atoms with Gasteiger partial charge in [0, 0.05) is 29.9 Å². The Morgan fingerprint density at radius 3 is 2.84 bits per heavy atom. The summed E-state index contributed by atoms with van der Waals surface area (Å²) < 4.78 is 5.44. The number of benzene rings is 1. The monoisotopic (exact) mass is 571 g/mol. The molecule has 0 spiro atoms. The summed E-state index contributed by atoms with van der Waals surface area (Å²) in [6.45, 7) is 0. The van der Waals surface area contributed by atoms with Crippen molar-refractivity contribution in [1.82, 2.24) is 25.1 Å². The van der Waals surface area contributed by atoms with Crippen molar-refractivity contribution in [2.24, 2.45) is 5.92 Å². The molecule has 4 aromatic heterocycles. The van der Waals surface area contributed by atoms with Crippen LogP contribution in [0.3, 0.4) is 0 Å². The number of nitrogens with one attached hydrogen (secondary N) is 3. The maximum atomic E-state index is 12.7. The van der Waals surface area contributed by atoms with E-state index in [1.54, 1.807) is 19.5 Å². The van der Waals surface area contributed by atoms with Crippen LogP contribution >= 0.6 is 0 Å². The average Bonchev–Trinajstić information content (AvgIpc) is 3.48. The normalized spacial score (nSPS) is 15.0. The number of allylic oxidation sites excluding steroid dienone is 1. The summed E-state index contributed by atoms with van der Waals surface area (Å²) >= 11 is 0. The van der Waals surface area contributed by atoms with Gasteiger partial charge in [0.05, 0.1) is 35.9 Å². The maximum Gasteiger partial charge on any atom is 0.224 e. The van der Waals surface area contributed by atoms with Gasteiger partial charge in [0.1, 0.15) is 22.8 Å². The van der Waals surface area contributed by atoms with Gasteiger partial charge in [-0.15, -0.1) is 0 Å². The van der Waals surface area contributed by atoms with E-state index in [0.717, 1.165) is 74.8 Å². The van der Waals surface area contributed by atoms with Crippen LogP contribution in [-0.4, -0.2) is 38.2 Å². The van der Waals surface area contributed by atoms with Crippen LogP contribution in [0.5, 0.6) is 5.75 Å². The fourth-order valence-corrected chi connectivity index (χ4v) is 6.17. The molecule has 9 nitrogen and oxygen atoms in total. The molecule has 0 atom stereocenters. The number of methoxy groups -OCH3 is 1. The Bertz CT molecular complexity index is 1840. The summed E-state index contributed by atoms with van der Waals surface area (Å²) in [4.78, 5) is 26.7. The summed E-state index contributed by atoms with van der Waals surface area (Å²) in [5.41, 5.74) is 8.70. The van der Waals surface area contributed by atoms with Crippen LogP contribution in [0.1, 0.15) is 49.8 Å². The SMILES string of the molecule is COc1cccc(-c2ccnc3c2CC=C(c2n[nH]c4ccc(-c5cncc(NC(=O)CC6CCCCC6)c5)nc24)N3)c1. The molecule has 3 N–H and O–H groups in total. The summed E-state index contributed by atoms with van der Waals surface area (Å²) in [6.07, 6.45) is 14.7. The smallest absolute Gasteiger partial charge is 0.224 e. The lowest BCUT2D eigenvalue weighted by molar-refractivity contribution is -0.117. The number of H-pyrrole nitrogens is 1. The molecule has 1 aliphatic heterocycles. The highest BCUT2D eigenvalue weighted by molar-refractivity contribution is 5.94. The summed E-state index contributed by atoms with van der Waals surface area (Å²) in [5, 5.41) is 14.3. The van der Waals surface area contributed by atoms with Crippen molar-refractivity contribution in [1.29, 1.82) is 0 Å². The number of pyridine rings is 3. The number of nitrogens with zero attached hydrogens (tertiary/aromatic N) is 4. The first-order valence-corrected chi connectivity index (χ1v) is 14.8. The Morgan fingerprint density at radius 1 is 1.05 bits per heavy atom. The van der Waals surface area contributed by atoms with Gasteiger partial charge in [-0.3, -0.25) is 14.9 Å². The van der Waals surface area contributed by atoms with Crippen molar-refractivity contribution in [3.05, 3.63) is 84.5 Å². The minimum absolute atomic E-state index is 0.0464. The van der Waals surface area contributed by atoms with Crippen LogP contribution in [0.4, 0.5) is 11.5 Å².